The Morgan fingerprint density at radius 3 is 2.61 bits per heavy atom. The van der Waals surface area contributed by atoms with Crippen LogP contribution in [0.5, 0.6) is 0 Å². The molecule has 172 valence electrons. The number of fused-ring (bicyclic) bond motifs is 1. The molecule has 10 heteroatoms. The maximum Gasteiger partial charge on any atom is 0.416 e. The average Bonchev–Trinajstić information content (AvgIpc) is 3.23. The van der Waals surface area contributed by atoms with Crippen LogP contribution < -0.4 is 0 Å². The summed E-state index contributed by atoms with van der Waals surface area (Å²) in [5.41, 5.74) is 1.68. The molecule has 1 aromatic carbocycles. The number of nitrogens with one attached hydrogen (secondary N) is 1. The van der Waals surface area contributed by atoms with E-state index in [-0.39, 0.29) is 11.4 Å². The van der Waals surface area contributed by atoms with Gasteiger partial charge in [0.1, 0.15) is 5.04 Å². The van der Waals surface area contributed by atoms with Crippen LogP contribution in [0, 0.1) is 25.2 Å². The number of aromatic nitrogens is 1. The number of alkyl halides is 3. The third-order valence-corrected chi connectivity index (χ3v) is 6.21. The molecule has 2 aliphatic heterocycles. The Morgan fingerprint density at radius 1 is 1.21 bits per heavy atom. The van der Waals surface area contributed by atoms with Crippen LogP contribution in [0.4, 0.5) is 13.2 Å². The van der Waals surface area contributed by atoms with Gasteiger partial charge in [-0.1, -0.05) is 19.9 Å². The van der Waals surface area contributed by atoms with Crippen LogP contribution in [-0.4, -0.2) is 31.5 Å². The normalized spacial score (nSPS) is 17.7. The number of aryl methyl sites for hydroxylation is 1. The standard InChI is InChI=1S/C23H22F3N5OS/c1-12(2)8-19-29-31-20(27)18(21(32)28-22(31)33-19)10-15-9-13(3)30(14(15)4)17-7-5-6-16(11-17)23(24,25)26/h5-7,9-12,27H,8H2,1-4H3. The second-order valence-corrected chi connectivity index (χ2v) is 9.36. The van der Waals surface area contributed by atoms with Gasteiger partial charge in [-0.25, -0.2) is 0 Å². The van der Waals surface area contributed by atoms with Gasteiger partial charge < -0.3 is 4.57 Å². The molecule has 0 atom stereocenters. The highest BCUT2D eigenvalue weighted by molar-refractivity contribution is 8.26. The van der Waals surface area contributed by atoms with Gasteiger partial charge in [-0.15, -0.1) is 0 Å². The first-order chi connectivity index (χ1) is 15.5. The average molecular weight is 474 g/mol. The second kappa shape index (κ2) is 8.33. The maximum absolute atomic E-state index is 13.2. The molecule has 33 heavy (non-hydrogen) atoms. The van der Waals surface area contributed by atoms with Crippen LogP contribution in [0.1, 0.15) is 42.8 Å². The quantitative estimate of drug-likeness (QED) is 0.572. The van der Waals surface area contributed by atoms with Crippen molar-refractivity contribution in [3.05, 3.63) is 58.4 Å². The Balaban J connectivity index is 1.71. The molecule has 0 unspecified atom stereocenters. The van der Waals surface area contributed by atoms with Crippen LogP contribution in [0.25, 0.3) is 11.8 Å². The first-order valence-corrected chi connectivity index (χ1v) is 11.1. The molecular formula is C23H22F3N5OS. The summed E-state index contributed by atoms with van der Waals surface area (Å²) in [6.45, 7) is 7.66. The van der Waals surface area contributed by atoms with Gasteiger partial charge in [0.15, 0.2) is 5.84 Å². The first kappa shape index (κ1) is 23.0. The Bertz CT molecular complexity index is 1250. The third-order valence-electron chi connectivity index (χ3n) is 5.28. The Kier molecular flexibility index (Phi) is 5.81. The minimum absolute atomic E-state index is 0.0693. The molecule has 0 spiro atoms. The van der Waals surface area contributed by atoms with Gasteiger partial charge in [-0.05, 0) is 67.4 Å². The van der Waals surface area contributed by atoms with Gasteiger partial charge in [0.2, 0.25) is 5.17 Å². The lowest BCUT2D eigenvalue weighted by molar-refractivity contribution is -0.137. The van der Waals surface area contributed by atoms with E-state index < -0.39 is 17.6 Å². The van der Waals surface area contributed by atoms with Gasteiger partial charge in [-0.3, -0.25) is 10.2 Å². The molecule has 1 amide bonds. The van der Waals surface area contributed by atoms with E-state index >= 15 is 0 Å². The summed E-state index contributed by atoms with van der Waals surface area (Å²) in [5.74, 6) is -0.233. The third kappa shape index (κ3) is 4.39. The number of nitrogens with zero attached hydrogens (tertiary/aromatic N) is 4. The fourth-order valence-corrected chi connectivity index (χ4v) is 4.87. The predicted molar refractivity (Wildman–Crippen MR) is 125 cm³/mol. The zero-order valence-electron chi connectivity index (χ0n) is 18.5. The van der Waals surface area contributed by atoms with Gasteiger partial charge in [0.05, 0.1) is 11.1 Å². The molecule has 0 radical (unpaired) electrons. The molecular weight excluding hydrogens is 451 g/mol. The molecule has 0 aliphatic carbocycles. The van der Waals surface area contributed by atoms with Crippen molar-refractivity contribution in [2.24, 2.45) is 16.0 Å². The Morgan fingerprint density at radius 2 is 1.94 bits per heavy atom. The highest BCUT2D eigenvalue weighted by atomic mass is 32.2. The zero-order valence-corrected chi connectivity index (χ0v) is 19.3. The maximum atomic E-state index is 13.2. The highest BCUT2D eigenvalue weighted by Crippen LogP contribution is 2.33. The fraction of sp³-hybridized carbons (Fsp3) is 0.304. The van der Waals surface area contributed by atoms with Crippen molar-refractivity contribution in [2.45, 2.75) is 40.3 Å². The number of amides is 1. The van der Waals surface area contributed by atoms with Crippen molar-refractivity contribution in [3.63, 3.8) is 0 Å². The van der Waals surface area contributed by atoms with Gasteiger partial charge in [0, 0.05) is 23.5 Å². The Hall–Kier alpha value is -3.14. The molecule has 3 heterocycles. The van der Waals surface area contributed by atoms with Crippen LogP contribution >= 0.6 is 11.8 Å². The van der Waals surface area contributed by atoms with Crippen molar-refractivity contribution in [2.75, 3.05) is 0 Å². The number of amidine groups is 2. The monoisotopic (exact) mass is 473 g/mol. The van der Waals surface area contributed by atoms with E-state index in [0.29, 0.717) is 33.7 Å². The fourth-order valence-electron chi connectivity index (χ4n) is 3.77. The number of hydrazone groups is 1. The summed E-state index contributed by atoms with van der Waals surface area (Å²) in [4.78, 5) is 16.8. The topological polar surface area (TPSA) is 73.8 Å². The van der Waals surface area contributed by atoms with Crippen molar-refractivity contribution >= 4 is 39.8 Å². The number of carbonyl (C=O) groups is 1. The van der Waals surface area contributed by atoms with E-state index in [4.69, 9.17) is 5.41 Å². The predicted octanol–water partition coefficient (Wildman–Crippen LogP) is 5.78. The van der Waals surface area contributed by atoms with E-state index in [2.05, 4.69) is 23.9 Å². The van der Waals surface area contributed by atoms with Gasteiger partial charge in [-0.2, -0.15) is 28.3 Å². The van der Waals surface area contributed by atoms with Crippen molar-refractivity contribution in [1.82, 2.24) is 9.58 Å². The molecule has 2 aromatic rings. The summed E-state index contributed by atoms with van der Waals surface area (Å²) in [7, 11) is 0. The SMILES string of the molecule is Cc1cc(C=C2C(=N)N3N=C(CC(C)C)SC3=NC2=O)c(C)n1-c1cccc(C(F)(F)F)c1. The number of hydrogen-bond donors (Lipinski definition) is 1. The lowest BCUT2D eigenvalue weighted by Crippen LogP contribution is -2.35. The molecule has 6 nitrogen and oxygen atoms in total. The van der Waals surface area contributed by atoms with Crippen LogP contribution in [0.2, 0.25) is 0 Å². The van der Waals surface area contributed by atoms with E-state index in [0.717, 1.165) is 23.6 Å². The number of thioether (sulfide) groups is 1. The molecule has 0 fully saturated rings. The number of hydrogen-bond acceptors (Lipinski definition) is 4. The van der Waals surface area contributed by atoms with Crippen LogP contribution in [-0.2, 0) is 11.0 Å². The highest BCUT2D eigenvalue weighted by Gasteiger charge is 2.36. The summed E-state index contributed by atoms with van der Waals surface area (Å²) < 4.78 is 41.2. The molecule has 1 aromatic heterocycles. The van der Waals surface area contributed by atoms with Gasteiger partial charge in [0.25, 0.3) is 5.91 Å². The van der Waals surface area contributed by atoms with E-state index in [1.807, 2.05) is 0 Å². The summed E-state index contributed by atoms with van der Waals surface area (Å²) in [6.07, 6.45) is -2.17. The second-order valence-electron chi connectivity index (χ2n) is 8.32. The molecule has 4 rings (SSSR count). The lowest BCUT2D eigenvalue weighted by Gasteiger charge is -2.20. The van der Waals surface area contributed by atoms with Crippen LogP contribution in [0.15, 0.2) is 46.0 Å². The molecule has 1 N–H and O–H groups in total. The minimum Gasteiger partial charge on any atom is -0.318 e. The lowest BCUT2D eigenvalue weighted by atomic mass is 10.1. The van der Waals surface area contributed by atoms with E-state index in [9.17, 15) is 18.0 Å². The Labute approximate surface area is 193 Å². The molecule has 0 saturated heterocycles. The molecule has 0 bridgehead atoms. The number of halogens is 3. The number of aliphatic imine (C=N–C) groups is 1. The van der Waals surface area contributed by atoms with Crippen LogP contribution in [0.3, 0.4) is 0 Å². The van der Waals surface area contributed by atoms with Crippen molar-refractivity contribution in [3.8, 4) is 5.69 Å². The molecule has 2 aliphatic rings. The first-order valence-electron chi connectivity index (χ1n) is 10.3. The molecule has 0 saturated carbocycles. The van der Waals surface area contributed by atoms with Crippen molar-refractivity contribution < 1.29 is 18.0 Å². The summed E-state index contributed by atoms with van der Waals surface area (Å²) in [6, 6.07) is 6.86. The summed E-state index contributed by atoms with van der Waals surface area (Å²) >= 11 is 1.29. The number of rotatable bonds is 4. The van der Waals surface area contributed by atoms with Gasteiger partial charge >= 0.3 is 6.18 Å². The van der Waals surface area contributed by atoms with E-state index in [1.165, 1.54) is 22.8 Å². The number of benzene rings is 1. The zero-order chi connectivity index (χ0) is 24.1. The smallest absolute Gasteiger partial charge is 0.318 e. The number of carbonyl (C=O) groups excluding carboxylic acids is 1. The van der Waals surface area contributed by atoms with E-state index in [1.54, 1.807) is 36.6 Å². The summed E-state index contributed by atoms with van der Waals surface area (Å²) in [5, 5.41) is 15.5. The largest absolute Gasteiger partial charge is 0.416 e. The minimum atomic E-state index is -4.45. The van der Waals surface area contributed by atoms with Crippen molar-refractivity contribution in [1.29, 1.82) is 5.41 Å².